The minimum Gasteiger partial charge on any atom is -0.494 e. The first kappa shape index (κ1) is 40.3. The summed E-state index contributed by atoms with van der Waals surface area (Å²) in [7, 11) is 3.19. The largest absolute Gasteiger partial charge is 0.494 e. The number of aryl methyl sites for hydroxylation is 1. The van der Waals surface area contributed by atoms with Gasteiger partial charge >= 0.3 is 0 Å². The molecule has 4 amide bonds. The van der Waals surface area contributed by atoms with E-state index in [-0.39, 0.29) is 23.6 Å². The van der Waals surface area contributed by atoms with Crippen LogP contribution in [-0.2, 0) is 14.4 Å². The molecule has 0 bridgehead atoms. The van der Waals surface area contributed by atoms with Crippen molar-refractivity contribution >= 4 is 69.7 Å². The number of ether oxygens (including phenoxy) is 1. The number of carbonyl (C=O) groups excluding carboxylic acids is 4. The van der Waals surface area contributed by atoms with Crippen molar-refractivity contribution in [3.05, 3.63) is 88.6 Å². The number of rotatable bonds is 12. The number of benzene rings is 3. The lowest BCUT2D eigenvalue weighted by Gasteiger charge is -2.38. The van der Waals surface area contributed by atoms with Crippen LogP contribution in [0.5, 0.6) is 5.75 Å². The first-order valence-corrected chi connectivity index (χ1v) is 20.0. The van der Waals surface area contributed by atoms with Crippen LogP contribution in [0.1, 0.15) is 53.1 Å². The van der Waals surface area contributed by atoms with Gasteiger partial charge in [0.15, 0.2) is 5.82 Å². The maximum Gasteiger partial charge on any atom is 0.253 e. The lowest BCUT2D eigenvalue weighted by atomic mass is 9.89. The van der Waals surface area contributed by atoms with E-state index in [4.69, 9.17) is 16.3 Å². The second-order valence-electron chi connectivity index (χ2n) is 14.8. The highest BCUT2D eigenvalue weighted by Gasteiger charge is 2.29. The summed E-state index contributed by atoms with van der Waals surface area (Å²) < 4.78 is 5.80. The third-order valence-electron chi connectivity index (χ3n) is 11.0. The van der Waals surface area contributed by atoms with E-state index in [1.54, 1.807) is 32.4 Å². The average Bonchev–Trinajstić information content (AvgIpc) is 3.24. The molecular weight excluding hydrogens is 760 g/mol. The number of halogens is 1. The molecule has 304 valence electrons. The summed E-state index contributed by atoms with van der Waals surface area (Å²) in [4.78, 5) is 64.9. The predicted molar refractivity (Wildman–Crippen MR) is 225 cm³/mol. The molecule has 5 N–H and O–H groups in total. The Hall–Kier alpha value is -5.93. The molecule has 4 aromatic rings. The molecule has 3 aromatic carbocycles. The summed E-state index contributed by atoms with van der Waals surface area (Å²) in [6.07, 6.45) is 4.27. The van der Waals surface area contributed by atoms with E-state index in [2.05, 4.69) is 58.5 Å². The molecule has 1 atom stereocenters. The van der Waals surface area contributed by atoms with Crippen molar-refractivity contribution in [2.75, 3.05) is 80.8 Å². The van der Waals surface area contributed by atoms with Crippen LogP contribution in [0.4, 0.5) is 34.5 Å². The Morgan fingerprint density at radius 3 is 2.38 bits per heavy atom. The quantitative estimate of drug-likeness (QED) is 0.121. The minimum atomic E-state index is -0.403. The highest BCUT2D eigenvalue weighted by atomic mass is 35.5. The zero-order valence-electron chi connectivity index (χ0n) is 32.9. The van der Waals surface area contributed by atoms with Gasteiger partial charge in [-0.05, 0) is 86.7 Å². The van der Waals surface area contributed by atoms with Gasteiger partial charge in [0.2, 0.25) is 23.7 Å². The van der Waals surface area contributed by atoms with Crippen LogP contribution in [0.15, 0.2) is 66.9 Å². The smallest absolute Gasteiger partial charge is 0.253 e. The van der Waals surface area contributed by atoms with E-state index in [1.807, 2.05) is 42.2 Å². The van der Waals surface area contributed by atoms with Gasteiger partial charge in [-0.3, -0.25) is 29.4 Å². The first-order chi connectivity index (χ1) is 28.1. The Morgan fingerprint density at radius 1 is 0.931 bits per heavy atom. The van der Waals surface area contributed by atoms with Crippen molar-refractivity contribution in [3.8, 4) is 5.75 Å². The average molecular weight is 809 g/mol. The standard InChI is InChI=1S/C42H49ClN10O5/c1-26-22-34(48-42-45-24-31(43)39(50-42)47-32-7-5-4-6-30(32)40(56)44-2)36(58-3)23-35(26)52-18-20-53(21-19-52)38(55)25-51-16-14-28(15-17-51)27-8-10-29(11-9-27)46-33-12-13-37(54)49-41(33)57/h4-11,22-24,28,33,46H,12-21,25H2,1-3H3,(H,44,56)(H,49,54,57)(H2,45,47,48,50). The summed E-state index contributed by atoms with van der Waals surface area (Å²) in [6, 6.07) is 18.9. The fraction of sp³-hybridized carbons (Fsp3) is 0.381. The van der Waals surface area contributed by atoms with E-state index in [1.165, 1.54) is 11.8 Å². The van der Waals surface area contributed by atoms with Crippen molar-refractivity contribution in [1.29, 1.82) is 0 Å². The Balaban J connectivity index is 0.896. The van der Waals surface area contributed by atoms with Gasteiger partial charge < -0.3 is 35.8 Å². The molecule has 0 spiro atoms. The van der Waals surface area contributed by atoms with Gasteiger partial charge in [-0.15, -0.1) is 0 Å². The summed E-state index contributed by atoms with van der Waals surface area (Å²) >= 11 is 6.45. The molecule has 0 radical (unpaired) electrons. The van der Waals surface area contributed by atoms with Crippen molar-refractivity contribution in [2.45, 2.75) is 44.6 Å². The zero-order chi connectivity index (χ0) is 40.8. The van der Waals surface area contributed by atoms with Crippen LogP contribution in [0.25, 0.3) is 0 Å². The van der Waals surface area contributed by atoms with Crippen molar-refractivity contribution in [2.24, 2.45) is 0 Å². The number of hydrogen-bond acceptors (Lipinski definition) is 12. The fourth-order valence-electron chi connectivity index (χ4n) is 7.77. The first-order valence-electron chi connectivity index (χ1n) is 19.6. The summed E-state index contributed by atoms with van der Waals surface area (Å²) in [5.41, 5.74) is 5.86. The van der Waals surface area contributed by atoms with Gasteiger partial charge in [-0.2, -0.15) is 4.98 Å². The van der Waals surface area contributed by atoms with E-state index in [9.17, 15) is 19.2 Å². The van der Waals surface area contributed by atoms with Crippen molar-refractivity contribution in [3.63, 3.8) is 0 Å². The predicted octanol–water partition coefficient (Wildman–Crippen LogP) is 5.04. The molecule has 3 aliphatic rings. The third kappa shape index (κ3) is 9.43. The third-order valence-corrected chi connectivity index (χ3v) is 11.3. The molecule has 3 saturated heterocycles. The van der Waals surface area contributed by atoms with Gasteiger partial charge in [0.25, 0.3) is 5.91 Å². The Morgan fingerprint density at radius 2 is 1.67 bits per heavy atom. The van der Waals surface area contributed by atoms with Gasteiger partial charge in [0.1, 0.15) is 16.8 Å². The zero-order valence-corrected chi connectivity index (χ0v) is 33.7. The lowest BCUT2D eigenvalue weighted by molar-refractivity contribution is -0.134. The summed E-state index contributed by atoms with van der Waals surface area (Å²) in [5.74, 6) is 1.08. The maximum absolute atomic E-state index is 13.4. The van der Waals surface area contributed by atoms with Crippen molar-refractivity contribution in [1.82, 2.24) is 30.4 Å². The Bertz CT molecular complexity index is 2150. The number of piperazine rings is 1. The number of para-hydroxylation sites is 1. The number of carbonyl (C=O) groups is 4. The molecule has 0 saturated carbocycles. The van der Waals surface area contributed by atoms with E-state index in [0.717, 1.165) is 42.9 Å². The van der Waals surface area contributed by atoms with Gasteiger partial charge in [-0.25, -0.2) is 4.98 Å². The van der Waals surface area contributed by atoms with Crippen LogP contribution in [0.2, 0.25) is 5.02 Å². The highest BCUT2D eigenvalue weighted by molar-refractivity contribution is 6.33. The molecule has 15 nitrogen and oxygen atoms in total. The van der Waals surface area contributed by atoms with Gasteiger partial charge in [-0.1, -0.05) is 35.9 Å². The Labute approximate surface area is 342 Å². The molecular formula is C42H49ClN10O5. The minimum absolute atomic E-state index is 0.157. The molecule has 1 aromatic heterocycles. The molecule has 58 heavy (non-hydrogen) atoms. The second-order valence-corrected chi connectivity index (χ2v) is 15.2. The Kier molecular flexibility index (Phi) is 12.6. The van der Waals surface area contributed by atoms with Crippen LogP contribution >= 0.6 is 11.6 Å². The highest BCUT2D eigenvalue weighted by Crippen LogP contribution is 2.36. The number of piperidine rings is 2. The monoisotopic (exact) mass is 808 g/mol. The topological polar surface area (TPSA) is 173 Å². The second kappa shape index (κ2) is 18.1. The lowest BCUT2D eigenvalue weighted by Crippen LogP contribution is -2.52. The fourth-order valence-corrected chi connectivity index (χ4v) is 7.91. The van der Waals surface area contributed by atoms with E-state index in [0.29, 0.717) is 91.0 Å². The van der Waals surface area contributed by atoms with E-state index >= 15 is 0 Å². The number of imide groups is 1. The van der Waals surface area contributed by atoms with Crippen molar-refractivity contribution < 1.29 is 23.9 Å². The number of likely N-dealkylation sites (tertiary alicyclic amines) is 1. The van der Waals surface area contributed by atoms with Crippen LogP contribution < -0.4 is 36.2 Å². The number of amides is 4. The van der Waals surface area contributed by atoms with Crippen LogP contribution in [0.3, 0.4) is 0 Å². The molecule has 4 heterocycles. The summed E-state index contributed by atoms with van der Waals surface area (Å²) in [6.45, 7) is 6.84. The molecule has 7 rings (SSSR count). The number of nitrogens with zero attached hydrogens (tertiary/aromatic N) is 5. The van der Waals surface area contributed by atoms with E-state index < -0.39 is 6.04 Å². The molecule has 16 heteroatoms. The van der Waals surface area contributed by atoms with Crippen LogP contribution in [-0.4, -0.2) is 109 Å². The molecule has 1 unspecified atom stereocenters. The molecule has 0 aliphatic carbocycles. The van der Waals surface area contributed by atoms with Gasteiger partial charge in [0.05, 0.1) is 36.8 Å². The number of aromatic nitrogens is 2. The van der Waals surface area contributed by atoms with Gasteiger partial charge in [0, 0.05) is 57.1 Å². The van der Waals surface area contributed by atoms with Crippen LogP contribution in [0, 0.1) is 6.92 Å². The normalized spacial score (nSPS) is 17.7. The summed E-state index contributed by atoms with van der Waals surface area (Å²) in [5, 5.41) is 15.0. The maximum atomic E-state index is 13.4. The molecule has 3 fully saturated rings. The molecule has 3 aliphatic heterocycles. The number of methoxy groups -OCH3 is 1. The number of anilines is 6. The number of nitrogens with one attached hydrogen (secondary N) is 5. The SMILES string of the molecule is CNC(=O)c1ccccc1Nc1nc(Nc2cc(C)c(N3CCN(C(=O)CN4CCC(c5ccc(NC6CCC(=O)NC6=O)cc5)CC4)CC3)cc2OC)ncc1Cl. The number of hydrogen-bond donors (Lipinski definition) is 5.